The molecule has 1 heterocycles. The number of carbonyl (C=O) groups excluding carboxylic acids is 1. The zero-order chi connectivity index (χ0) is 17.5. The van der Waals surface area contributed by atoms with Crippen molar-refractivity contribution in [2.45, 2.75) is 6.42 Å². The van der Waals surface area contributed by atoms with Crippen LogP contribution in [0.15, 0.2) is 54.6 Å². The molecule has 25 heavy (non-hydrogen) atoms. The van der Waals surface area contributed by atoms with Crippen molar-refractivity contribution in [3.8, 4) is 11.5 Å². The number of phenols is 1. The van der Waals surface area contributed by atoms with E-state index in [-0.39, 0.29) is 11.7 Å². The van der Waals surface area contributed by atoms with Gasteiger partial charge in [-0.05, 0) is 29.8 Å². The maximum absolute atomic E-state index is 12.4. The first-order valence-electron chi connectivity index (χ1n) is 8.66. The lowest BCUT2D eigenvalue weighted by molar-refractivity contribution is -0.132. The summed E-state index contributed by atoms with van der Waals surface area (Å²) in [7, 11) is 0. The lowest BCUT2D eigenvalue weighted by Crippen LogP contribution is -2.49. The first kappa shape index (κ1) is 17.3. The van der Waals surface area contributed by atoms with Crippen LogP contribution in [0.3, 0.4) is 0 Å². The first-order chi connectivity index (χ1) is 12.2. The van der Waals surface area contributed by atoms with Gasteiger partial charge in [-0.25, -0.2) is 0 Å². The Morgan fingerprint density at radius 2 is 1.64 bits per heavy atom. The number of aromatic hydroxyl groups is 1. The highest BCUT2D eigenvalue weighted by Gasteiger charge is 2.20. The molecular formula is C20H24N2O3. The van der Waals surface area contributed by atoms with Crippen molar-refractivity contribution in [2.75, 3.05) is 39.3 Å². The van der Waals surface area contributed by atoms with Gasteiger partial charge in [0, 0.05) is 32.7 Å². The largest absolute Gasteiger partial charge is 0.508 e. The summed E-state index contributed by atoms with van der Waals surface area (Å²) in [5, 5.41) is 9.30. The molecule has 2 aromatic carbocycles. The Bertz CT molecular complexity index is 665. The summed E-state index contributed by atoms with van der Waals surface area (Å²) in [5.74, 6) is 1.26. The molecule has 2 aromatic rings. The van der Waals surface area contributed by atoms with Crippen molar-refractivity contribution in [1.29, 1.82) is 0 Å². The summed E-state index contributed by atoms with van der Waals surface area (Å²) in [4.78, 5) is 16.6. The topological polar surface area (TPSA) is 53.0 Å². The average molecular weight is 340 g/mol. The summed E-state index contributed by atoms with van der Waals surface area (Å²) >= 11 is 0. The van der Waals surface area contributed by atoms with E-state index in [1.165, 1.54) is 0 Å². The second kappa shape index (κ2) is 8.53. The van der Waals surface area contributed by atoms with E-state index in [9.17, 15) is 9.90 Å². The molecule has 0 aromatic heterocycles. The summed E-state index contributed by atoms with van der Waals surface area (Å²) in [5.41, 5.74) is 0.932. The van der Waals surface area contributed by atoms with Gasteiger partial charge >= 0.3 is 0 Å². The second-order valence-corrected chi connectivity index (χ2v) is 6.23. The number of ether oxygens (including phenoxy) is 1. The predicted octanol–water partition coefficient (Wildman–Crippen LogP) is 2.16. The Balaban J connectivity index is 1.37. The summed E-state index contributed by atoms with van der Waals surface area (Å²) in [6, 6.07) is 16.7. The van der Waals surface area contributed by atoms with Crippen molar-refractivity contribution in [1.82, 2.24) is 9.80 Å². The van der Waals surface area contributed by atoms with Gasteiger partial charge in [0.05, 0.1) is 6.42 Å². The van der Waals surface area contributed by atoms with Crippen LogP contribution in [0, 0.1) is 0 Å². The van der Waals surface area contributed by atoms with E-state index < -0.39 is 0 Å². The van der Waals surface area contributed by atoms with Crippen LogP contribution in [-0.4, -0.2) is 60.1 Å². The highest BCUT2D eigenvalue weighted by atomic mass is 16.5. The minimum atomic E-state index is 0.144. The van der Waals surface area contributed by atoms with E-state index in [0.29, 0.717) is 13.0 Å². The quantitative estimate of drug-likeness (QED) is 0.876. The Morgan fingerprint density at radius 1 is 0.960 bits per heavy atom. The van der Waals surface area contributed by atoms with Gasteiger partial charge in [0.25, 0.3) is 0 Å². The van der Waals surface area contributed by atoms with E-state index in [0.717, 1.165) is 44.0 Å². The predicted molar refractivity (Wildman–Crippen MR) is 96.8 cm³/mol. The molecule has 1 aliphatic rings. The third-order valence-corrected chi connectivity index (χ3v) is 4.44. The number of carbonyl (C=O) groups is 1. The molecule has 0 radical (unpaired) electrons. The van der Waals surface area contributed by atoms with Crippen LogP contribution in [0.5, 0.6) is 11.5 Å². The molecule has 1 amide bonds. The third-order valence-electron chi connectivity index (χ3n) is 4.44. The van der Waals surface area contributed by atoms with Gasteiger partial charge in [-0.2, -0.15) is 0 Å². The van der Waals surface area contributed by atoms with E-state index in [1.54, 1.807) is 24.3 Å². The van der Waals surface area contributed by atoms with Gasteiger partial charge in [0.2, 0.25) is 5.91 Å². The second-order valence-electron chi connectivity index (χ2n) is 6.23. The molecule has 1 fully saturated rings. The lowest BCUT2D eigenvalue weighted by Gasteiger charge is -2.34. The Kier molecular flexibility index (Phi) is 5.90. The summed E-state index contributed by atoms with van der Waals surface area (Å²) in [6.07, 6.45) is 0.386. The molecular weight excluding hydrogens is 316 g/mol. The van der Waals surface area contributed by atoms with Gasteiger partial charge < -0.3 is 14.7 Å². The van der Waals surface area contributed by atoms with E-state index in [2.05, 4.69) is 4.90 Å². The summed E-state index contributed by atoms with van der Waals surface area (Å²) in [6.45, 7) is 4.78. The summed E-state index contributed by atoms with van der Waals surface area (Å²) < 4.78 is 5.73. The van der Waals surface area contributed by atoms with Crippen LogP contribution in [-0.2, 0) is 11.2 Å². The first-order valence-corrected chi connectivity index (χ1v) is 8.66. The minimum absolute atomic E-state index is 0.144. The standard InChI is InChI=1S/C20H24N2O3/c23-18-8-6-17(7-9-18)16-20(24)22-12-10-21(11-13-22)14-15-25-19-4-2-1-3-5-19/h1-9,23H,10-16H2. The average Bonchev–Trinajstić information content (AvgIpc) is 2.65. The molecule has 5 heteroatoms. The van der Waals surface area contributed by atoms with Crippen molar-refractivity contribution in [3.63, 3.8) is 0 Å². The zero-order valence-corrected chi connectivity index (χ0v) is 14.3. The number of amides is 1. The van der Waals surface area contributed by atoms with Gasteiger partial charge in [-0.3, -0.25) is 9.69 Å². The number of hydrogen-bond donors (Lipinski definition) is 1. The van der Waals surface area contributed by atoms with Crippen molar-refractivity contribution in [2.24, 2.45) is 0 Å². The zero-order valence-electron chi connectivity index (χ0n) is 14.3. The number of nitrogens with zero attached hydrogens (tertiary/aromatic N) is 2. The van der Waals surface area contributed by atoms with Crippen LogP contribution in [0.25, 0.3) is 0 Å². The van der Waals surface area contributed by atoms with Crippen molar-refractivity contribution < 1.29 is 14.6 Å². The monoisotopic (exact) mass is 340 g/mol. The number of rotatable bonds is 6. The fourth-order valence-electron chi connectivity index (χ4n) is 2.93. The fourth-order valence-corrected chi connectivity index (χ4v) is 2.93. The van der Waals surface area contributed by atoms with Crippen LogP contribution in [0.2, 0.25) is 0 Å². The molecule has 0 aliphatic carbocycles. The Morgan fingerprint density at radius 3 is 2.32 bits per heavy atom. The fraction of sp³-hybridized carbons (Fsp3) is 0.350. The van der Waals surface area contributed by atoms with Gasteiger partial charge in [-0.15, -0.1) is 0 Å². The van der Waals surface area contributed by atoms with Crippen molar-refractivity contribution in [3.05, 3.63) is 60.2 Å². The molecule has 1 aliphatic heterocycles. The molecule has 0 saturated carbocycles. The molecule has 0 atom stereocenters. The van der Waals surface area contributed by atoms with Crippen LogP contribution in [0.1, 0.15) is 5.56 Å². The third kappa shape index (κ3) is 5.22. The number of hydrogen-bond acceptors (Lipinski definition) is 4. The smallest absolute Gasteiger partial charge is 0.227 e. The number of piperazine rings is 1. The van der Waals surface area contributed by atoms with E-state index in [4.69, 9.17) is 4.74 Å². The molecule has 5 nitrogen and oxygen atoms in total. The number of benzene rings is 2. The highest BCUT2D eigenvalue weighted by Crippen LogP contribution is 2.12. The van der Waals surface area contributed by atoms with Gasteiger partial charge in [0.1, 0.15) is 18.1 Å². The van der Waals surface area contributed by atoms with Crippen LogP contribution >= 0.6 is 0 Å². The molecule has 0 spiro atoms. The van der Waals surface area contributed by atoms with Gasteiger partial charge in [0.15, 0.2) is 0 Å². The molecule has 1 N–H and O–H groups in total. The highest BCUT2D eigenvalue weighted by molar-refractivity contribution is 5.78. The molecule has 0 bridgehead atoms. The van der Waals surface area contributed by atoms with Crippen LogP contribution < -0.4 is 4.74 Å². The number of para-hydroxylation sites is 1. The Hall–Kier alpha value is -2.53. The van der Waals surface area contributed by atoms with Gasteiger partial charge in [-0.1, -0.05) is 30.3 Å². The maximum atomic E-state index is 12.4. The SMILES string of the molecule is O=C(Cc1ccc(O)cc1)N1CCN(CCOc2ccccc2)CC1. The lowest BCUT2D eigenvalue weighted by atomic mass is 10.1. The van der Waals surface area contributed by atoms with E-state index in [1.807, 2.05) is 35.2 Å². The van der Waals surface area contributed by atoms with Crippen LogP contribution in [0.4, 0.5) is 0 Å². The number of phenolic OH excluding ortho intramolecular Hbond substituents is 1. The molecule has 3 rings (SSSR count). The molecule has 0 unspecified atom stereocenters. The molecule has 132 valence electrons. The normalized spacial score (nSPS) is 15.1. The van der Waals surface area contributed by atoms with Crippen molar-refractivity contribution >= 4 is 5.91 Å². The van der Waals surface area contributed by atoms with E-state index >= 15 is 0 Å². The minimum Gasteiger partial charge on any atom is -0.508 e. The maximum Gasteiger partial charge on any atom is 0.227 e. The Labute approximate surface area is 148 Å². The molecule has 1 saturated heterocycles.